The van der Waals surface area contributed by atoms with Crippen LogP contribution in [0, 0.1) is 6.92 Å². The predicted octanol–water partition coefficient (Wildman–Crippen LogP) is 1.18. The molecule has 0 bridgehead atoms. The minimum Gasteiger partial charge on any atom is -0.295 e. The van der Waals surface area contributed by atoms with Crippen LogP contribution in [-0.4, -0.2) is 51.3 Å². The molecule has 2 heterocycles. The Hall–Kier alpha value is -0.650. The molecule has 0 aromatic carbocycles. The first-order valence-electron chi connectivity index (χ1n) is 6.07. The zero-order valence-electron chi connectivity index (χ0n) is 10.5. The van der Waals surface area contributed by atoms with E-state index in [1.165, 1.54) is 0 Å². The third-order valence-electron chi connectivity index (χ3n) is 3.13. The first-order valence-corrected chi connectivity index (χ1v) is 6.59. The average Bonchev–Trinajstić information content (AvgIpc) is 2.29. The second-order valence-corrected chi connectivity index (χ2v) is 5.34. The lowest BCUT2D eigenvalue weighted by Gasteiger charge is -2.36. The SMILES string of the molecule is Cc1cncc(CN2CCN(C(C)S)CC2)n1. The van der Waals surface area contributed by atoms with Gasteiger partial charge in [0.25, 0.3) is 0 Å². The highest BCUT2D eigenvalue weighted by Gasteiger charge is 2.19. The van der Waals surface area contributed by atoms with Crippen molar-refractivity contribution in [2.75, 3.05) is 26.2 Å². The summed E-state index contributed by atoms with van der Waals surface area (Å²) in [6, 6.07) is 0. The average molecular weight is 252 g/mol. The largest absolute Gasteiger partial charge is 0.295 e. The van der Waals surface area contributed by atoms with Gasteiger partial charge in [0.2, 0.25) is 0 Å². The molecule has 0 aliphatic carbocycles. The Morgan fingerprint density at radius 3 is 2.59 bits per heavy atom. The molecule has 0 saturated carbocycles. The van der Waals surface area contributed by atoms with E-state index in [0.717, 1.165) is 44.1 Å². The first kappa shape index (κ1) is 12.8. The van der Waals surface area contributed by atoms with Crippen LogP contribution >= 0.6 is 12.6 Å². The summed E-state index contributed by atoms with van der Waals surface area (Å²) in [7, 11) is 0. The van der Waals surface area contributed by atoms with E-state index in [1.54, 1.807) is 6.20 Å². The molecule has 4 nitrogen and oxygen atoms in total. The fourth-order valence-electron chi connectivity index (χ4n) is 2.12. The molecule has 1 saturated heterocycles. The van der Waals surface area contributed by atoms with Crippen LogP contribution in [-0.2, 0) is 6.54 Å². The van der Waals surface area contributed by atoms with Crippen molar-refractivity contribution in [3.63, 3.8) is 0 Å². The van der Waals surface area contributed by atoms with Gasteiger partial charge in [0.05, 0.1) is 11.4 Å². The molecule has 1 atom stereocenters. The number of aromatic nitrogens is 2. The summed E-state index contributed by atoms with van der Waals surface area (Å²) in [6.07, 6.45) is 3.66. The minimum atomic E-state index is 0.357. The summed E-state index contributed by atoms with van der Waals surface area (Å²) in [4.78, 5) is 13.5. The molecule has 1 aliphatic rings. The fraction of sp³-hybridized carbons (Fsp3) is 0.667. The van der Waals surface area contributed by atoms with E-state index in [1.807, 2.05) is 13.1 Å². The molecule has 17 heavy (non-hydrogen) atoms. The highest BCUT2D eigenvalue weighted by molar-refractivity contribution is 7.80. The second-order valence-electron chi connectivity index (χ2n) is 4.60. The molecule has 0 spiro atoms. The number of hydrogen-bond donors (Lipinski definition) is 1. The topological polar surface area (TPSA) is 32.3 Å². The normalized spacial score (nSPS) is 20.4. The van der Waals surface area contributed by atoms with Gasteiger partial charge in [0.1, 0.15) is 0 Å². The predicted molar refractivity (Wildman–Crippen MR) is 72.1 cm³/mol. The van der Waals surface area contributed by atoms with Gasteiger partial charge in [-0.15, -0.1) is 0 Å². The third kappa shape index (κ3) is 3.66. The zero-order valence-corrected chi connectivity index (χ0v) is 11.4. The van der Waals surface area contributed by atoms with Crippen molar-refractivity contribution in [3.8, 4) is 0 Å². The number of piperazine rings is 1. The van der Waals surface area contributed by atoms with Gasteiger partial charge in [-0.25, -0.2) is 0 Å². The molecule has 1 fully saturated rings. The molecule has 1 unspecified atom stereocenters. The summed E-state index contributed by atoms with van der Waals surface area (Å²) in [5.74, 6) is 0. The summed E-state index contributed by atoms with van der Waals surface area (Å²) < 4.78 is 0. The Kier molecular flexibility index (Phi) is 4.36. The molecule has 1 aliphatic heterocycles. The maximum absolute atomic E-state index is 4.49. The number of aryl methyl sites for hydroxylation is 1. The Morgan fingerprint density at radius 2 is 2.00 bits per heavy atom. The van der Waals surface area contributed by atoms with Crippen molar-refractivity contribution >= 4 is 12.6 Å². The van der Waals surface area contributed by atoms with Crippen LogP contribution in [0.3, 0.4) is 0 Å². The molecule has 0 radical (unpaired) electrons. The van der Waals surface area contributed by atoms with Crippen LogP contribution in [0.2, 0.25) is 0 Å². The van der Waals surface area contributed by atoms with Gasteiger partial charge < -0.3 is 0 Å². The lowest BCUT2D eigenvalue weighted by atomic mass is 10.3. The molecular weight excluding hydrogens is 232 g/mol. The Bertz CT molecular complexity index is 361. The standard InChI is InChI=1S/C12H20N4S/c1-10-7-13-8-12(14-10)9-15-3-5-16(6-4-15)11(2)17/h7-8,11,17H,3-6,9H2,1-2H3. The van der Waals surface area contributed by atoms with Gasteiger partial charge in [-0.3, -0.25) is 19.8 Å². The van der Waals surface area contributed by atoms with Crippen LogP contribution < -0.4 is 0 Å². The van der Waals surface area contributed by atoms with Gasteiger partial charge in [-0.1, -0.05) is 0 Å². The molecule has 5 heteroatoms. The van der Waals surface area contributed by atoms with Gasteiger partial charge in [-0.2, -0.15) is 12.6 Å². The molecule has 0 N–H and O–H groups in total. The highest BCUT2D eigenvalue weighted by Crippen LogP contribution is 2.10. The smallest absolute Gasteiger partial charge is 0.0730 e. The molecular formula is C12H20N4S. The monoisotopic (exact) mass is 252 g/mol. The Morgan fingerprint density at radius 1 is 1.29 bits per heavy atom. The Labute approximate surface area is 108 Å². The van der Waals surface area contributed by atoms with Crippen molar-refractivity contribution in [1.29, 1.82) is 0 Å². The number of hydrogen-bond acceptors (Lipinski definition) is 5. The summed E-state index contributed by atoms with van der Waals surface area (Å²) >= 11 is 4.47. The maximum Gasteiger partial charge on any atom is 0.0730 e. The van der Waals surface area contributed by atoms with Crippen molar-refractivity contribution in [3.05, 3.63) is 23.8 Å². The van der Waals surface area contributed by atoms with E-state index in [2.05, 4.69) is 39.3 Å². The fourth-order valence-corrected chi connectivity index (χ4v) is 2.35. The minimum absolute atomic E-state index is 0.357. The second kappa shape index (κ2) is 5.80. The summed E-state index contributed by atoms with van der Waals surface area (Å²) in [6.45, 7) is 9.36. The van der Waals surface area contributed by atoms with Gasteiger partial charge in [0, 0.05) is 50.5 Å². The maximum atomic E-state index is 4.49. The van der Waals surface area contributed by atoms with Crippen LogP contribution in [0.4, 0.5) is 0 Å². The lowest BCUT2D eigenvalue weighted by Crippen LogP contribution is -2.47. The lowest BCUT2D eigenvalue weighted by molar-refractivity contribution is 0.122. The molecule has 1 aromatic heterocycles. The van der Waals surface area contributed by atoms with E-state index in [9.17, 15) is 0 Å². The van der Waals surface area contributed by atoms with Crippen LogP contribution in [0.25, 0.3) is 0 Å². The van der Waals surface area contributed by atoms with Crippen LogP contribution in [0.5, 0.6) is 0 Å². The molecule has 2 rings (SSSR count). The number of rotatable bonds is 3. The van der Waals surface area contributed by atoms with Gasteiger partial charge >= 0.3 is 0 Å². The zero-order chi connectivity index (χ0) is 12.3. The van der Waals surface area contributed by atoms with Crippen molar-refractivity contribution < 1.29 is 0 Å². The quantitative estimate of drug-likeness (QED) is 0.819. The summed E-state index contributed by atoms with van der Waals surface area (Å²) in [5, 5.41) is 0.357. The van der Waals surface area contributed by atoms with Gasteiger partial charge in [-0.05, 0) is 13.8 Å². The molecule has 0 amide bonds. The first-order chi connectivity index (χ1) is 8.15. The number of nitrogens with zero attached hydrogens (tertiary/aromatic N) is 4. The van der Waals surface area contributed by atoms with Crippen LogP contribution in [0.15, 0.2) is 12.4 Å². The van der Waals surface area contributed by atoms with Crippen molar-refractivity contribution in [1.82, 2.24) is 19.8 Å². The van der Waals surface area contributed by atoms with Crippen LogP contribution in [0.1, 0.15) is 18.3 Å². The van der Waals surface area contributed by atoms with Crippen molar-refractivity contribution in [2.45, 2.75) is 25.8 Å². The Balaban J connectivity index is 1.86. The van der Waals surface area contributed by atoms with Crippen molar-refractivity contribution in [2.24, 2.45) is 0 Å². The van der Waals surface area contributed by atoms with E-state index in [0.29, 0.717) is 5.37 Å². The highest BCUT2D eigenvalue weighted by atomic mass is 32.1. The van der Waals surface area contributed by atoms with E-state index in [-0.39, 0.29) is 0 Å². The number of thiol groups is 1. The third-order valence-corrected chi connectivity index (χ3v) is 3.45. The molecule has 94 valence electrons. The van der Waals surface area contributed by atoms with E-state index in [4.69, 9.17) is 0 Å². The van der Waals surface area contributed by atoms with Gasteiger partial charge in [0.15, 0.2) is 0 Å². The van der Waals surface area contributed by atoms with E-state index >= 15 is 0 Å². The van der Waals surface area contributed by atoms with E-state index < -0.39 is 0 Å². The molecule has 1 aromatic rings. The summed E-state index contributed by atoms with van der Waals surface area (Å²) in [5.41, 5.74) is 2.06.